The van der Waals surface area contributed by atoms with Crippen molar-refractivity contribution in [3.63, 3.8) is 0 Å². The van der Waals surface area contributed by atoms with E-state index in [1.54, 1.807) is 24.3 Å². The number of carbonyl (C=O) groups is 2. The molecule has 9 heteroatoms. The first-order valence-electron chi connectivity index (χ1n) is 9.75. The molecule has 0 atom stereocenters. The van der Waals surface area contributed by atoms with Gasteiger partial charge in [0.2, 0.25) is 0 Å². The van der Waals surface area contributed by atoms with Gasteiger partial charge in [0.1, 0.15) is 0 Å². The highest BCUT2D eigenvalue weighted by molar-refractivity contribution is 6.34. The topological polar surface area (TPSA) is 105 Å². The van der Waals surface area contributed by atoms with E-state index in [0.717, 1.165) is 11.8 Å². The number of likely N-dealkylation sites (N-methyl/N-ethyl adjacent to an activating group) is 1. The fourth-order valence-electron chi connectivity index (χ4n) is 3.03. The highest BCUT2D eigenvalue weighted by Gasteiger charge is 2.18. The predicted molar refractivity (Wildman–Crippen MR) is 125 cm³/mol. The second-order valence-electron chi connectivity index (χ2n) is 6.93. The Hall–Kier alpha value is -3.91. The Balaban J connectivity index is 1.65. The Bertz CT molecular complexity index is 1140. The minimum Gasteiger partial charge on any atom is -0.373 e. The van der Waals surface area contributed by atoms with Gasteiger partial charge in [-0.2, -0.15) is 0 Å². The number of amides is 2. The van der Waals surface area contributed by atoms with Gasteiger partial charge in [-0.05, 0) is 30.3 Å². The van der Waals surface area contributed by atoms with Gasteiger partial charge in [-0.3, -0.25) is 19.7 Å². The fourth-order valence-corrected chi connectivity index (χ4v) is 3.29. The van der Waals surface area contributed by atoms with E-state index in [1.165, 1.54) is 12.1 Å². The molecule has 0 saturated carbocycles. The van der Waals surface area contributed by atoms with Gasteiger partial charge in [0.05, 0.1) is 26.8 Å². The predicted octanol–water partition coefficient (Wildman–Crippen LogP) is 4.37. The van der Waals surface area contributed by atoms with Crippen molar-refractivity contribution in [2.24, 2.45) is 0 Å². The van der Waals surface area contributed by atoms with E-state index in [1.807, 2.05) is 42.3 Å². The van der Waals surface area contributed by atoms with Crippen LogP contribution < -0.4 is 15.5 Å². The molecule has 0 fully saturated rings. The average Bonchev–Trinajstić information content (AvgIpc) is 2.79. The first-order valence-corrected chi connectivity index (χ1v) is 10.1. The molecule has 0 aliphatic carbocycles. The molecule has 0 saturated heterocycles. The monoisotopic (exact) mass is 452 g/mol. The highest BCUT2D eigenvalue weighted by atomic mass is 35.5. The van der Waals surface area contributed by atoms with Crippen molar-refractivity contribution < 1.29 is 14.5 Å². The maximum atomic E-state index is 12.7. The van der Waals surface area contributed by atoms with Crippen LogP contribution in [-0.4, -0.2) is 36.9 Å². The molecule has 164 valence electrons. The number of hydrogen-bond donors (Lipinski definition) is 2. The lowest BCUT2D eigenvalue weighted by molar-refractivity contribution is -0.384. The summed E-state index contributed by atoms with van der Waals surface area (Å²) in [4.78, 5) is 37.6. The molecular formula is C23H21ClN4O4. The number of anilines is 2. The minimum atomic E-state index is -0.595. The van der Waals surface area contributed by atoms with Crippen molar-refractivity contribution in [3.05, 3.63) is 99.1 Å². The number of nitro groups is 1. The maximum Gasteiger partial charge on any atom is 0.270 e. The van der Waals surface area contributed by atoms with Crippen molar-refractivity contribution in [1.29, 1.82) is 0 Å². The van der Waals surface area contributed by atoms with E-state index in [0.29, 0.717) is 24.3 Å². The summed E-state index contributed by atoms with van der Waals surface area (Å²) < 4.78 is 0. The number of nitro benzene ring substituents is 1. The second kappa shape index (κ2) is 10.4. The van der Waals surface area contributed by atoms with E-state index in [2.05, 4.69) is 10.6 Å². The number of nitrogens with one attached hydrogen (secondary N) is 2. The number of para-hydroxylation sites is 2. The van der Waals surface area contributed by atoms with Crippen LogP contribution in [0.1, 0.15) is 20.7 Å². The first kappa shape index (κ1) is 22.8. The largest absolute Gasteiger partial charge is 0.373 e. The van der Waals surface area contributed by atoms with Crippen LogP contribution in [0.3, 0.4) is 0 Å². The standard InChI is InChI=1S/C23H21ClN4O4/c1-27(16-7-3-2-4-8-16)14-13-25-22(29)19-9-5-6-10-21(19)26-23(30)18-12-11-17(28(31)32)15-20(18)24/h2-12,15H,13-14H2,1H3,(H,25,29)(H,26,30). The molecule has 32 heavy (non-hydrogen) atoms. The zero-order valence-corrected chi connectivity index (χ0v) is 18.0. The van der Waals surface area contributed by atoms with Gasteiger partial charge < -0.3 is 15.5 Å². The van der Waals surface area contributed by atoms with Gasteiger partial charge in [-0.25, -0.2) is 0 Å². The van der Waals surface area contributed by atoms with Crippen molar-refractivity contribution >= 4 is 40.5 Å². The molecule has 3 aromatic carbocycles. The lowest BCUT2D eigenvalue weighted by Gasteiger charge is -2.19. The SMILES string of the molecule is CN(CCNC(=O)c1ccccc1NC(=O)c1ccc([N+](=O)[O-])cc1Cl)c1ccccc1. The summed E-state index contributed by atoms with van der Waals surface area (Å²) >= 11 is 6.04. The summed E-state index contributed by atoms with van der Waals surface area (Å²) in [6, 6.07) is 20.0. The number of benzene rings is 3. The molecule has 3 rings (SSSR count). The summed E-state index contributed by atoms with van der Waals surface area (Å²) in [5.41, 5.74) is 1.49. The van der Waals surface area contributed by atoms with Crippen LogP contribution >= 0.6 is 11.6 Å². The van der Waals surface area contributed by atoms with Gasteiger partial charge in [0.15, 0.2) is 0 Å². The number of hydrogen-bond acceptors (Lipinski definition) is 5. The third kappa shape index (κ3) is 5.61. The molecule has 0 spiro atoms. The first-order chi connectivity index (χ1) is 15.4. The van der Waals surface area contributed by atoms with Crippen LogP contribution in [-0.2, 0) is 0 Å². The molecule has 0 aliphatic rings. The van der Waals surface area contributed by atoms with Crippen molar-refractivity contribution in [2.75, 3.05) is 30.4 Å². The van der Waals surface area contributed by atoms with Crippen LogP contribution in [0.2, 0.25) is 5.02 Å². The fraction of sp³-hybridized carbons (Fsp3) is 0.130. The smallest absolute Gasteiger partial charge is 0.270 e. The van der Waals surface area contributed by atoms with Crippen LogP contribution in [0, 0.1) is 10.1 Å². The number of carbonyl (C=O) groups excluding carboxylic acids is 2. The number of rotatable bonds is 8. The summed E-state index contributed by atoms with van der Waals surface area (Å²) in [7, 11) is 1.93. The van der Waals surface area contributed by atoms with Gasteiger partial charge in [-0.15, -0.1) is 0 Å². The van der Waals surface area contributed by atoms with Crippen molar-refractivity contribution in [3.8, 4) is 0 Å². The summed E-state index contributed by atoms with van der Waals surface area (Å²) in [5.74, 6) is -0.911. The number of non-ortho nitro benzene ring substituents is 1. The van der Waals surface area contributed by atoms with Crippen LogP contribution in [0.5, 0.6) is 0 Å². The van der Waals surface area contributed by atoms with Crippen LogP contribution in [0.15, 0.2) is 72.8 Å². The highest BCUT2D eigenvalue weighted by Crippen LogP contribution is 2.24. The normalized spacial score (nSPS) is 10.3. The molecule has 3 aromatic rings. The Morgan fingerprint density at radius 3 is 2.34 bits per heavy atom. The third-order valence-electron chi connectivity index (χ3n) is 4.76. The van der Waals surface area contributed by atoms with Crippen molar-refractivity contribution in [2.45, 2.75) is 0 Å². The number of halogens is 1. The maximum absolute atomic E-state index is 12.7. The van der Waals surface area contributed by atoms with Gasteiger partial charge in [-0.1, -0.05) is 41.9 Å². The molecule has 2 amide bonds. The molecule has 0 unspecified atom stereocenters. The summed E-state index contributed by atoms with van der Waals surface area (Å²) in [6.07, 6.45) is 0. The molecule has 8 nitrogen and oxygen atoms in total. The molecule has 2 N–H and O–H groups in total. The number of nitrogens with zero attached hydrogens (tertiary/aromatic N) is 2. The van der Waals surface area contributed by atoms with E-state index in [4.69, 9.17) is 11.6 Å². The molecule has 0 bridgehead atoms. The van der Waals surface area contributed by atoms with E-state index >= 15 is 0 Å². The zero-order valence-electron chi connectivity index (χ0n) is 17.2. The Labute approximate surface area is 190 Å². The quantitative estimate of drug-likeness (QED) is 0.390. The third-order valence-corrected chi connectivity index (χ3v) is 5.07. The van der Waals surface area contributed by atoms with Crippen LogP contribution in [0.4, 0.5) is 17.1 Å². The van der Waals surface area contributed by atoms with Crippen molar-refractivity contribution in [1.82, 2.24) is 5.32 Å². The molecule has 0 aromatic heterocycles. The van der Waals surface area contributed by atoms with E-state index in [-0.39, 0.29) is 22.2 Å². The summed E-state index contributed by atoms with van der Waals surface area (Å²) in [5, 5.41) is 16.3. The Kier molecular flexibility index (Phi) is 7.41. The molecular weight excluding hydrogens is 432 g/mol. The lowest BCUT2D eigenvalue weighted by Crippen LogP contribution is -2.33. The van der Waals surface area contributed by atoms with E-state index < -0.39 is 10.8 Å². The Morgan fingerprint density at radius 1 is 0.969 bits per heavy atom. The lowest BCUT2D eigenvalue weighted by atomic mass is 10.1. The Morgan fingerprint density at radius 2 is 1.66 bits per heavy atom. The molecule has 0 aliphatic heterocycles. The molecule has 0 heterocycles. The second-order valence-corrected chi connectivity index (χ2v) is 7.34. The van der Waals surface area contributed by atoms with Gasteiger partial charge in [0, 0.05) is 38.0 Å². The molecule has 0 radical (unpaired) electrons. The van der Waals surface area contributed by atoms with Crippen LogP contribution in [0.25, 0.3) is 0 Å². The van der Waals surface area contributed by atoms with Gasteiger partial charge >= 0.3 is 0 Å². The van der Waals surface area contributed by atoms with E-state index in [9.17, 15) is 19.7 Å². The minimum absolute atomic E-state index is 0.0532. The zero-order chi connectivity index (χ0) is 23.1. The summed E-state index contributed by atoms with van der Waals surface area (Å²) in [6.45, 7) is 1.00. The average molecular weight is 453 g/mol. The van der Waals surface area contributed by atoms with Gasteiger partial charge in [0.25, 0.3) is 17.5 Å².